The van der Waals surface area contributed by atoms with Gasteiger partial charge in [0.1, 0.15) is 0 Å². The van der Waals surface area contributed by atoms with Gasteiger partial charge in [-0.2, -0.15) is 0 Å². The first kappa shape index (κ1) is 21.1. The number of benzene rings is 1. The van der Waals surface area contributed by atoms with Crippen LogP contribution in [0.3, 0.4) is 0 Å². The number of aryl methyl sites for hydroxylation is 2. The van der Waals surface area contributed by atoms with Gasteiger partial charge in [-0.3, -0.25) is 13.9 Å². The molecular weight excluding hydrogens is 354 g/mol. The quantitative estimate of drug-likeness (QED) is 0.736. The van der Waals surface area contributed by atoms with Crippen LogP contribution in [0, 0.1) is 0 Å². The van der Waals surface area contributed by atoms with Crippen molar-refractivity contribution in [1.82, 2.24) is 14.5 Å². The number of carbonyl (C=O) groups excluding carboxylic acids is 1. The molecule has 25 heavy (non-hydrogen) atoms. The van der Waals surface area contributed by atoms with E-state index in [0.717, 1.165) is 17.5 Å². The minimum atomic E-state index is -3.12. The SMILES string of the molecule is CCCn1c(=O)n(CCC(=O)NCC(F)(F)CN)c2ccccc21.Cl. The fraction of sp³-hybridized carbons (Fsp3) is 0.500. The van der Waals surface area contributed by atoms with E-state index in [1.165, 1.54) is 4.57 Å². The number of aromatic nitrogens is 2. The van der Waals surface area contributed by atoms with Crippen molar-refractivity contribution in [2.45, 2.75) is 38.8 Å². The Bertz CT molecular complexity index is 773. The number of amides is 1. The second-order valence-corrected chi connectivity index (χ2v) is 5.66. The van der Waals surface area contributed by atoms with Gasteiger partial charge in [-0.1, -0.05) is 19.1 Å². The molecule has 0 fully saturated rings. The number of carbonyl (C=O) groups is 1. The molecule has 2 rings (SSSR count). The van der Waals surface area contributed by atoms with Gasteiger partial charge in [0.2, 0.25) is 5.91 Å². The number of nitrogens with two attached hydrogens (primary N) is 1. The van der Waals surface area contributed by atoms with Crippen LogP contribution in [-0.2, 0) is 17.9 Å². The molecular formula is C16H23ClF2N4O2. The second-order valence-electron chi connectivity index (χ2n) is 5.66. The van der Waals surface area contributed by atoms with Crippen LogP contribution in [0.5, 0.6) is 0 Å². The molecule has 0 saturated heterocycles. The van der Waals surface area contributed by atoms with E-state index in [0.29, 0.717) is 6.54 Å². The van der Waals surface area contributed by atoms with E-state index in [2.05, 4.69) is 5.32 Å². The molecule has 2 aromatic rings. The fourth-order valence-electron chi connectivity index (χ4n) is 2.53. The zero-order valence-corrected chi connectivity index (χ0v) is 14.8. The van der Waals surface area contributed by atoms with Gasteiger partial charge in [0.15, 0.2) is 0 Å². The zero-order chi connectivity index (χ0) is 17.7. The average Bonchev–Trinajstić information content (AvgIpc) is 2.84. The van der Waals surface area contributed by atoms with E-state index in [1.807, 2.05) is 31.2 Å². The molecule has 0 aliphatic heterocycles. The van der Waals surface area contributed by atoms with Gasteiger partial charge in [0.05, 0.1) is 24.1 Å². The molecule has 3 N–H and O–H groups in total. The van der Waals surface area contributed by atoms with E-state index in [4.69, 9.17) is 5.73 Å². The summed E-state index contributed by atoms with van der Waals surface area (Å²) in [5.41, 5.74) is 6.26. The summed E-state index contributed by atoms with van der Waals surface area (Å²) in [5.74, 6) is -3.66. The Morgan fingerprint density at radius 3 is 2.28 bits per heavy atom. The molecule has 0 aliphatic carbocycles. The highest BCUT2D eigenvalue weighted by atomic mass is 35.5. The van der Waals surface area contributed by atoms with E-state index in [9.17, 15) is 18.4 Å². The monoisotopic (exact) mass is 376 g/mol. The van der Waals surface area contributed by atoms with Crippen LogP contribution in [0.4, 0.5) is 8.78 Å². The third kappa shape index (κ3) is 5.02. The van der Waals surface area contributed by atoms with Gasteiger partial charge in [-0.05, 0) is 18.6 Å². The number of hydrogen-bond donors (Lipinski definition) is 2. The Labute approximate surface area is 150 Å². The second kappa shape index (κ2) is 8.96. The molecule has 0 radical (unpaired) electrons. The first-order valence-electron chi connectivity index (χ1n) is 7.92. The Balaban J connectivity index is 0.00000312. The van der Waals surface area contributed by atoms with Crippen molar-refractivity contribution in [3.63, 3.8) is 0 Å². The van der Waals surface area contributed by atoms with Crippen molar-refractivity contribution in [2.24, 2.45) is 5.73 Å². The Kier molecular flexibility index (Phi) is 7.57. The highest BCUT2D eigenvalue weighted by molar-refractivity contribution is 5.85. The number of rotatable bonds is 8. The molecule has 6 nitrogen and oxygen atoms in total. The summed E-state index contributed by atoms with van der Waals surface area (Å²) in [7, 11) is 0. The fourth-order valence-corrected chi connectivity index (χ4v) is 2.53. The number of alkyl halides is 2. The van der Waals surface area contributed by atoms with Crippen LogP contribution < -0.4 is 16.7 Å². The summed E-state index contributed by atoms with van der Waals surface area (Å²) in [6, 6.07) is 7.32. The Morgan fingerprint density at radius 2 is 1.76 bits per heavy atom. The van der Waals surface area contributed by atoms with Gasteiger partial charge in [0, 0.05) is 19.5 Å². The molecule has 0 unspecified atom stereocenters. The van der Waals surface area contributed by atoms with E-state index in [1.54, 1.807) is 4.57 Å². The molecule has 0 atom stereocenters. The molecule has 1 heterocycles. The summed E-state index contributed by atoms with van der Waals surface area (Å²) in [5, 5.41) is 2.15. The maximum atomic E-state index is 13.0. The first-order chi connectivity index (χ1) is 11.4. The lowest BCUT2D eigenvalue weighted by Gasteiger charge is -2.14. The molecule has 0 spiro atoms. The minimum absolute atomic E-state index is 0. The Hall–Kier alpha value is -1.93. The number of hydrogen-bond acceptors (Lipinski definition) is 3. The largest absolute Gasteiger partial charge is 0.350 e. The lowest BCUT2D eigenvalue weighted by Crippen LogP contribution is -2.41. The van der Waals surface area contributed by atoms with E-state index < -0.39 is 24.9 Å². The first-order valence-corrected chi connectivity index (χ1v) is 7.92. The van der Waals surface area contributed by atoms with Crippen LogP contribution in [0.15, 0.2) is 29.1 Å². The maximum absolute atomic E-state index is 13.0. The number of fused-ring (bicyclic) bond motifs is 1. The van der Waals surface area contributed by atoms with E-state index in [-0.39, 0.29) is 31.1 Å². The smallest absolute Gasteiger partial charge is 0.329 e. The third-order valence-corrected chi connectivity index (χ3v) is 3.78. The average molecular weight is 377 g/mol. The molecule has 9 heteroatoms. The van der Waals surface area contributed by atoms with Crippen molar-refractivity contribution in [3.8, 4) is 0 Å². The van der Waals surface area contributed by atoms with Crippen molar-refractivity contribution in [3.05, 3.63) is 34.7 Å². The summed E-state index contributed by atoms with van der Waals surface area (Å²) in [6.07, 6.45) is 0.753. The van der Waals surface area contributed by atoms with Crippen molar-refractivity contribution in [1.29, 1.82) is 0 Å². The summed E-state index contributed by atoms with van der Waals surface area (Å²) < 4.78 is 29.2. The molecule has 0 bridgehead atoms. The van der Waals surface area contributed by atoms with Gasteiger partial charge < -0.3 is 11.1 Å². The minimum Gasteiger partial charge on any atom is -0.350 e. The number of imidazole rings is 1. The van der Waals surface area contributed by atoms with Crippen molar-refractivity contribution < 1.29 is 13.6 Å². The van der Waals surface area contributed by atoms with Crippen molar-refractivity contribution in [2.75, 3.05) is 13.1 Å². The highest BCUT2D eigenvalue weighted by Crippen LogP contribution is 2.14. The molecule has 1 aromatic carbocycles. The maximum Gasteiger partial charge on any atom is 0.329 e. The Morgan fingerprint density at radius 1 is 1.20 bits per heavy atom. The topological polar surface area (TPSA) is 82.0 Å². The van der Waals surface area contributed by atoms with Crippen LogP contribution in [0.25, 0.3) is 11.0 Å². The zero-order valence-electron chi connectivity index (χ0n) is 14.0. The number of para-hydroxylation sites is 2. The normalized spacial score (nSPS) is 11.4. The molecule has 0 aliphatic rings. The van der Waals surface area contributed by atoms with Gasteiger partial charge in [0.25, 0.3) is 5.92 Å². The van der Waals surface area contributed by atoms with E-state index >= 15 is 0 Å². The highest BCUT2D eigenvalue weighted by Gasteiger charge is 2.27. The van der Waals surface area contributed by atoms with Gasteiger partial charge in [-0.25, -0.2) is 13.6 Å². The number of nitrogens with one attached hydrogen (secondary N) is 1. The molecule has 0 saturated carbocycles. The van der Waals surface area contributed by atoms with Crippen LogP contribution >= 0.6 is 12.4 Å². The lowest BCUT2D eigenvalue weighted by molar-refractivity contribution is -0.123. The lowest BCUT2D eigenvalue weighted by atomic mass is 10.3. The van der Waals surface area contributed by atoms with Crippen LogP contribution in [0.2, 0.25) is 0 Å². The standard InChI is InChI=1S/C16H22F2N4O2.ClH/c1-2-8-21-12-5-3-4-6-13(12)22(15(21)24)9-7-14(23)20-11-16(17,18)10-19;/h3-6H,2,7-11,19H2,1H3,(H,20,23);1H. The summed E-state index contributed by atoms with van der Waals surface area (Å²) in [4.78, 5) is 24.3. The third-order valence-electron chi connectivity index (χ3n) is 3.78. The molecule has 1 amide bonds. The summed E-state index contributed by atoms with van der Waals surface area (Å²) in [6.45, 7) is 1.08. The predicted molar refractivity (Wildman–Crippen MR) is 95.4 cm³/mol. The van der Waals surface area contributed by atoms with Gasteiger partial charge >= 0.3 is 5.69 Å². The molecule has 1 aromatic heterocycles. The van der Waals surface area contributed by atoms with Crippen LogP contribution in [-0.4, -0.2) is 34.1 Å². The predicted octanol–water partition coefficient (Wildman–Crippen LogP) is 1.74. The van der Waals surface area contributed by atoms with Crippen molar-refractivity contribution >= 4 is 29.3 Å². The molecule has 140 valence electrons. The van der Waals surface area contributed by atoms with Crippen LogP contribution in [0.1, 0.15) is 19.8 Å². The van der Waals surface area contributed by atoms with Gasteiger partial charge in [-0.15, -0.1) is 12.4 Å². The number of halogens is 3. The summed E-state index contributed by atoms with van der Waals surface area (Å²) >= 11 is 0. The number of nitrogens with zero attached hydrogens (tertiary/aromatic N) is 2.